The molecule has 1 aromatic rings. The molecule has 0 amide bonds. The lowest BCUT2D eigenvalue weighted by Gasteiger charge is -2.07. The van der Waals surface area contributed by atoms with Crippen LogP contribution in [0.2, 0.25) is 0 Å². The summed E-state index contributed by atoms with van der Waals surface area (Å²) in [6, 6.07) is 1.95. The molecule has 1 heterocycles. The van der Waals surface area contributed by atoms with E-state index in [1.165, 1.54) is 0 Å². The molecular formula is C10H17N3. The second-order valence-electron chi connectivity index (χ2n) is 3.25. The summed E-state index contributed by atoms with van der Waals surface area (Å²) < 4.78 is 0. The molecule has 0 fully saturated rings. The van der Waals surface area contributed by atoms with Crippen LogP contribution in [0.1, 0.15) is 37.7 Å². The van der Waals surface area contributed by atoms with Crippen LogP contribution in [-0.2, 0) is 6.54 Å². The van der Waals surface area contributed by atoms with E-state index in [0.717, 1.165) is 24.5 Å². The molecule has 0 saturated heterocycles. The maximum absolute atomic E-state index is 4.46. The van der Waals surface area contributed by atoms with E-state index in [1.54, 1.807) is 0 Å². The van der Waals surface area contributed by atoms with Crippen molar-refractivity contribution in [2.24, 2.45) is 0 Å². The van der Waals surface area contributed by atoms with Gasteiger partial charge in [-0.2, -0.15) is 0 Å². The van der Waals surface area contributed by atoms with Gasteiger partial charge >= 0.3 is 0 Å². The third-order valence-corrected chi connectivity index (χ3v) is 2.14. The van der Waals surface area contributed by atoms with Crippen LogP contribution in [0.3, 0.4) is 0 Å². The van der Waals surface area contributed by atoms with Crippen LogP contribution in [0.15, 0.2) is 12.3 Å². The van der Waals surface area contributed by atoms with Gasteiger partial charge in [0.15, 0.2) is 0 Å². The van der Waals surface area contributed by atoms with E-state index < -0.39 is 0 Å². The average molecular weight is 179 g/mol. The molecule has 0 aliphatic rings. The van der Waals surface area contributed by atoms with E-state index in [2.05, 4.69) is 29.1 Å². The Bertz CT molecular complexity index is 260. The lowest BCUT2D eigenvalue weighted by Crippen LogP contribution is -2.09. The molecule has 1 N–H and O–H groups in total. The van der Waals surface area contributed by atoms with Crippen molar-refractivity contribution in [3.05, 3.63) is 23.8 Å². The van der Waals surface area contributed by atoms with Gasteiger partial charge in [0.2, 0.25) is 0 Å². The Morgan fingerprint density at radius 2 is 2.31 bits per heavy atom. The first-order valence-electron chi connectivity index (χ1n) is 4.74. The topological polar surface area (TPSA) is 37.8 Å². The van der Waals surface area contributed by atoms with Gasteiger partial charge in [0, 0.05) is 18.7 Å². The molecule has 3 nitrogen and oxygen atoms in total. The van der Waals surface area contributed by atoms with Crippen LogP contribution in [-0.4, -0.2) is 17.0 Å². The highest BCUT2D eigenvalue weighted by molar-refractivity contribution is 5.04. The predicted octanol–water partition coefficient (Wildman–Crippen LogP) is 1.71. The second-order valence-corrected chi connectivity index (χ2v) is 3.25. The van der Waals surface area contributed by atoms with Crippen molar-refractivity contribution in [3.63, 3.8) is 0 Å². The molecule has 3 heteroatoms. The van der Waals surface area contributed by atoms with Crippen LogP contribution in [0, 0.1) is 0 Å². The standard InChI is InChI=1S/C10H17N3/c1-4-8(2)10-12-6-5-9(13-10)7-11-3/h5-6,8,11H,4,7H2,1-3H3. The van der Waals surface area contributed by atoms with Gasteiger partial charge in [-0.25, -0.2) is 9.97 Å². The first-order chi connectivity index (χ1) is 6.27. The number of hydrogen-bond donors (Lipinski definition) is 1. The maximum Gasteiger partial charge on any atom is 0.131 e. The minimum Gasteiger partial charge on any atom is -0.314 e. The summed E-state index contributed by atoms with van der Waals surface area (Å²) >= 11 is 0. The first-order valence-corrected chi connectivity index (χ1v) is 4.74. The SMILES string of the molecule is CCC(C)c1nccc(CNC)n1. The summed E-state index contributed by atoms with van der Waals surface area (Å²) in [7, 11) is 1.92. The summed E-state index contributed by atoms with van der Waals surface area (Å²) in [4.78, 5) is 8.71. The highest BCUT2D eigenvalue weighted by atomic mass is 14.9. The minimum atomic E-state index is 0.455. The molecule has 72 valence electrons. The van der Waals surface area contributed by atoms with E-state index >= 15 is 0 Å². The molecule has 0 saturated carbocycles. The van der Waals surface area contributed by atoms with Crippen molar-refractivity contribution >= 4 is 0 Å². The Balaban J connectivity index is 2.78. The van der Waals surface area contributed by atoms with Gasteiger partial charge in [-0.05, 0) is 19.5 Å². The molecule has 0 bridgehead atoms. The minimum absolute atomic E-state index is 0.455. The molecule has 1 atom stereocenters. The van der Waals surface area contributed by atoms with Crippen molar-refractivity contribution in [1.82, 2.24) is 15.3 Å². The Hall–Kier alpha value is -0.960. The van der Waals surface area contributed by atoms with Crippen LogP contribution < -0.4 is 5.32 Å². The largest absolute Gasteiger partial charge is 0.314 e. The fourth-order valence-electron chi connectivity index (χ4n) is 1.11. The molecule has 0 radical (unpaired) electrons. The van der Waals surface area contributed by atoms with Crippen molar-refractivity contribution in [2.75, 3.05) is 7.05 Å². The first kappa shape index (κ1) is 10.1. The molecule has 0 spiro atoms. The molecule has 1 unspecified atom stereocenters. The van der Waals surface area contributed by atoms with Crippen LogP contribution in [0.5, 0.6) is 0 Å². The number of aromatic nitrogens is 2. The fourth-order valence-corrected chi connectivity index (χ4v) is 1.11. The monoisotopic (exact) mass is 179 g/mol. The van der Waals surface area contributed by atoms with Crippen LogP contribution in [0.25, 0.3) is 0 Å². The number of nitrogens with zero attached hydrogens (tertiary/aromatic N) is 2. The van der Waals surface area contributed by atoms with Crippen molar-refractivity contribution in [1.29, 1.82) is 0 Å². The lowest BCUT2D eigenvalue weighted by molar-refractivity contribution is 0.662. The van der Waals surface area contributed by atoms with Gasteiger partial charge < -0.3 is 5.32 Å². The number of rotatable bonds is 4. The zero-order valence-electron chi connectivity index (χ0n) is 8.54. The van der Waals surface area contributed by atoms with E-state index in [-0.39, 0.29) is 0 Å². The van der Waals surface area contributed by atoms with Crippen molar-refractivity contribution in [3.8, 4) is 0 Å². The Kier molecular flexibility index (Phi) is 3.83. The molecule has 0 aliphatic heterocycles. The van der Waals surface area contributed by atoms with Gasteiger partial charge in [0.25, 0.3) is 0 Å². The van der Waals surface area contributed by atoms with E-state index in [9.17, 15) is 0 Å². The summed E-state index contributed by atoms with van der Waals surface area (Å²) in [6.45, 7) is 5.11. The molecule has 1 aromatic heterocycles. The average Bonchev–Trinajstić information content (AvgIpc) is 2.18. The predicted molar refractivity (Wildman–Crippen MR) is 53.5 cm³/mol. The Labute approximate surface area is 79.6 Å². The van der Waals surface area contributed by atoms with Gasteiger partial charge in [-0.3, -0.25) is 0 Å². The van der Waals surface area contributed by atoms with E-state index in [1.807, 2.05) is 19.3 Å². The molecule has 0 aliphatic carbocycles. The maximum atomic E-state index is 4.46. The van der Waals surface area contributed by atoms with Gasteiger partial charge in [0.1, 0.15) is 5.82 Å². The number of hydrogen-bond acceptors (Lipinski definition) is 3. The third kappa shape index (κ3) is 2.77. The van der Waals surface area contributed by atoms with Crippen LogP contribution >= 0.6 is 0 Å². The Morgan fingerprint density at radius 3 is 2.92 bits per heavy atom. The summed E-state index contributed by atoms with van der Waals surface area (Å²) in [6.07, 6.45) is 2.92. The summed E-state index contributed by atoms with van der Waals surface area (Å²) in [5.41, 5.74) is 1.06. The van der Waals surface area contributed by atoms with Gasteiger partial charge in [-0.15, -0.1) is 0 Å². The summed E-state index contributed by atoms with van der Waals surface area (Å²) in [5.74, 6) is 1.41. The molecule has 0 aromatic carbocycles. The van der Waals surface area contributed by atoms with Crippen molar-refractivity contribution < 1.29 is 0 Å². The highest BCUT2D eigenvalue weighted by Gasteiger charge is 2.05. The van der Waals surface area contributed by atoms with Gasteiger partial charge in [-0.1, -0.05) is 13.8 Å². The normalized spacial score (nSPS) is 12.8. The van der Waals surface area contributed by atoms with Crippen molar-refractivity contribution in [2.45, 2.75) is 32.7 Å². The van der Waals surface area contributed by atoms with Crippen LogP contribution in [0.4, 0.5) is 0 Å². The zero-order chi connectivity index (χ0) is 9.68. The third-order valence-electron chi connectivity index (χ3n) is 2.14. The Morgan fingerprint density at radius 1 is 1.54 bits per heavy atom. The van der Waals surface area contributed by atoms with E-state index in [0.29, 0.717) is 5.92 Å². The quantitative estimate of drug-likeness (QED) is 0.764. The number of nitrogens with one attached hydrogen (secondary N) is 1. The fraction of sp³-hybridized carbons (Fsp3) is 0.600. The molecule has 1 rings (SSSR count). The van der Waals surface area contributed by atoms with E-state index in [4.69, 9.17) is 0 Å². The lowest BCUT2D eigenvalue weighted by atomic mass is 10.1. The molecular weight excluding hydrogens is 162 g/mol. The molecule has 13 heavy (non-hydrogen) atoms. The highest BCUT2D eigenvalue weighted by Crippen LogP contribution is 2.13. The second kappa shape index (κ2) is 4.92. The zero-order valence-corrected chi connectivity index (χ0v) is 8.54. The van der Waals surface area contributed by atoms with Gasteiger partial charge in [0.05, 0.1) is 5.69 Å². The summed E-state index contributed by atoms with van der Waals surface area (Å²) in [5, 5.41) is 3.08. The smallest absolute Gasteiger partial charge is 0.131 e.